The van der Waals surface area contributed by atoms with Crippen LogP contribution in [0.15, 0.2) is 6.07 Å². The Labute approximate surface area is 105 Å². The first kappa shape index (κ1) is 14.0. The van der Waals surface area contributed by atoms with Gasteiger partial charge in [0.05, 0.1) is 6.61 Å². The van der Waals surface area contributed by atoms with Crippen LogP contribution in [0.3, 0.4) is 0 Å². The Morgan fingerprint density at radius 3 is 2.78 bits per heavy atom. The van der Waals surface area contributed by atoms with Gasteiger partial charge in [0.1, 0.15) is 0 Å². The number of nitrogens with zero attached hydrogens (tertiary/aromatic N) is 1. The van der Waals surface area contributed by atoms with E-state index in [0.717, 1.165) is 12.1 Å². The molecule has 0 radical (unpaired) electrons. The lowest BCUT2D eigenvalue weighted by Gasteiger charge is -2.04. The smallest absolute Gasteiger partial charge is 0.426 e. The molecule has 7 nitrogen and oxygen atoms in total. The zero-order valence-corrected chi connectivity index (χ0v) is 10.7. The molecule has 0 aliphatic carbocycles. The Morgan fingerprint density at radius 1 is 1.44 bits per heavy atom. The maximum absolute atomic E-state index is 11.6. The molecule has 1 aromatic heterocycles. The third kappa shape index (κ3) is 4.44. The van der Waals surface area contributed by atoms with E-state index in [1.54, 1.807) is 13.0 Å². The molecule has 0 aliphatic heterocycles. The van der Waals surface area contributed by atoms with Crippen molar-refractivity contribution in [2.75, 3.05) is 6.61 Å². The van der Waals surface area contributed by atoms with E-state index < -0.39 is 12.0 Å². The molecule has 2 amide bonds. The summed E-state index contributed by atoms with van der Waals surface area (Å²) in [7, 11) is 0. The SMILES string of the molecule is CCOC(=O)NNC(=O)c1cc(CC(C)C)[nH]n1. The van der Waals surface area contributed by atoms with Crippen molar-refractivity contribution >= 4 is 12.0 Å². The largest absolute Gasteiger partial charge is 0.449 e. The molecule has 0 atom stereocenters. The van der Waals surface area contributed by atoms with E-state index in [2.05, 4.69) is 39.6 Å². The first-order chi connectivity index (χ1) is 8.52. The van der Waals surface area contributed by atoms with Gasteiger partial charge >= 0.3 is 6.09 Å². The summed E-state index contributed by atoms with van der Waals surface area (Å²) in [6.07, 6.45) is 0.106. The van der Waals surface area contributed by atoms with Crippen LogP contribution in [0.1, 0.15) is 37.0 Å². The van der Waals surface area contributed by atoms with Crippen LogP contribution in [-0.4, -0.2) is 28.8 Å². The zero-order valence-electron chi connectivity index (χ0n) is 10.7. The minimum atomic E-state index is -0.705. The number of rotatable bonds is 4. The van der Waals surface area contributed by atoms with E-state index in [9.17, 15) is 9.59 Å². The predicted molar refractivity (Wildman–Crippen MR) is 64.8 cm³/mol. The molecule has 1 rings (SSSR count). The molecular formula is C11H18N4O3. The lowest BCUT2D eigenvalue weighted by Crippen LogP contribution is -2.42. The zero-order chi connectivity index (χ0) is 13.5. The number of hydrazine groups is 1. The molecule has 18 heavy (non-hydrogen) atoms. The fraction of sp³-hybridized carbons (Fsp3) is 0.545. The first-order valence-electron chi connectivity index (χ1n) is 5.80. The number of amides is 2. The molecule has 0 aliphatic rings. The Bertz CT molecular complexity index is 414. The summed E-state index contributed by atoms with van der Waals surface area (Å²) in [6, 6.07) is 1.65. The van der Waals surface area contributed by atoms with Crippen molar-refractivity contribution in [1.29, 1.82) is 0 Å². The van der Waals surface area contributed by atoms with Crippen molar-refractivity contribution in [2.24, 2.45) is 5.92 Å². The van der Waals surface area contributed by atoms with E-state index in [-0.39, 0.29) is 12.3 Å². The quantitative estimate of drug-likeness (QED) is 0.698. The van der Waals surface area contributed by atoms with Crippen LogP contribution >= 0.6 is 0 Å². The summed E-state index contributed by atoms with van der Waals surface area (Å²) in [4.78, 5) is 22.5. The van der Waals surface area contributed by atoms with E-state index >= 15 is 0 Å². The van der Waals surface area contributed by atoms with Gasteiger partial charge < -0.3 is 4.74 Å². The first-order valence-corrected chi connectivity index (χ1v) is 5.80. The van der Waals surface area contributed by atoms with Gasteiger partial charge in [-0.15, -0.1) is 0 Å². The molecule has 0 saturated carbocycles. The Morgan fingerprint density at radius 2 is 2.17 bits per heavy atom. The van der Waals surface area contributed by atoms with Crippen LogP contribution in [0.5, 0.6) is 0 Å². The molecule has 100 valence electrons. The summed E-state index contributed by atoms with van der Waals surface area (Å²) in [6.45, 7) is 6.06. The lowest BCUT2D eigenvalue weighted by atomic mass is 10.1. The van der Waals surface area contributed by atoms with Gasteiger partial charge in [0.25, 0.3) is 5.91 Å². The summed E-state index contributed by atoms with van der Waals surface area (Å²) in [5.74, 6) is -0.0201. The number of H-pyrrole nitrogens is 1. The van der Waals surface area contributed by atoms with Gasteiger partial charge in [-0.2, -0.15) is 5.10 Å². The standard InChI is InChI=1S/C11H18N4O3/c1-4-18-11(17)15-14-10(16)9-6-8(12-13-9)5-7(2)3/h6-7H,4-5H2,1-3H3,(H,12,13)(H,14,16)(H,15,17). The highest BCUT2D eigenvalue weighted by Gasteiger charge is 2.12. The predicted octanol–water partition coefficient (Wildman–Crippen LogP) is 0.999. The lowest BCUT2D eigenvalue weighted by molar-refractivity contribution is 0.0908. The molecule has 1 heterocycles. The Kier molecular flexibility index (Phi) is 5.16. The molecule has 0 aromatic carbocycles. The van der Waals surface area contributed by atoms with Crippen molar-refractivity contribution in [2.45, 2.75) is 27.2 Å². The second kappa shape index (κ2) is 6.63. The molecule has 0 spiro atoms. The van der Waals surface area contributed by atoms with E-state index in [1.165, 1.54) is 0 Å². The molecule has 3 N–H and O–H groups in total. The average molecular weight is 254 g/mol. The fourth-order valence-electron chi connectivity index (χ4n) is 1.36. The van der Waals surface area contributed by atoms with Gasteiger partial charge in [-0.05, 0) is 25.3 Å². The number of ether oxygens (including phenoxy) is 1. The number of nitrogens with one attached hydrogen (secondary N) is 3. The average Bonchev–Trinajstić information content (AvgIpc) is 2.74. The van der Waals surface area contributed by atoms with Crippen molar-refractivity contribution in [3.63, 3.8) is 0 Å². The summed E-state index contributed by atoms with van der Waals surface area (Å²) >= 11 is 0. The van der Waals surface area contributed by atoms with Crippen LogP contribution in [0.4, 0.5) is 4.79 Å². The summed E-state index contributed by atoms with van der Waals surface area (Å²) < 4.78 is 4.59. The Balaban J connectivity index is 2.46. The minimum absolute atomic E-state index is 0.224. The number of hydrogen-bond donors (Lipinski definition) is 3. The van der Waals surface area contributed by atoms with Crippen LogP contribution in [0.25, 0.3) is 0 Å². The summed E-state index contributed by atoms with van der Waals surface area (Å²) in [5, 5.41) is 6.64. The number of aromatic nitrogens is 2. The molecule has 1 aromatic rings. The molecule has 7 heteroatoms. The van der Waals surface area contributed by atoms with Gasteiger partial charge in [0.2, 0.25) is 0 Å². The highest BCUT2D eigenvalue weighted by atomic mass is 16.5. The van der Waals surface area contributed by atoms with E-state index in [4.69, 9.17) is 0 Å². The van der Waals surface area contributed by atoms with Crippen LogP contribution in [-0.2, 0) is 11.2 Å². The molecule has 0 saturated heterocycles. The number of carbonyl (C=O) groups excluding carboxylic acids is 2. The molecule has 0 bridgehead atoms. The maximum atomic E-state index is 11.6. The Hall–Kier alpha value is -2.05. The highest BCUT2D eigenvalue weighted by Crippen LogP contribution is 2.06. The van der Waals surface area contributed by atoms with Crippen LogP contribution < -0.4 is 10.9 Å². The topological polar surface area (TPSA) is 96.1 Å². The van der Waals surface area contributed by atoms with Crippen LogP contribution in [0.2, 0.25) is 0 Å². The number of hydrogen-bond acceptors (Lipinski definition) is 4. The second-order valence-corrected chi connectivity index (χ2v) is 4.18. The summed E-state index contributed by atoms with van der Waals surface area (Å²) in [5.41, 5.74) is 5.43. The van der Waals surface area contributed by atoms with Gasteiger partial charge in [-0.1, -0.05) is 13.8 Å². The fourth-order valence-corrected chi connectivity index (χ4v) is 1.36. The minimum Gasteiger partial charge on any atom is -0.449 e. The van der Waals surface area contributed by atoms with Crippen molar-refractivity contribution in [3.05, 3.63) is 17.5 Å². The third-order valence-electron chi connectivity index (χ3n) is 2.05. The number of aromatic amines is 1. The van der Waals surface area contributed by atoms with Crippen molar-refractivity contribution < 1.29 is 14.3 Å². The van der Waals surface area contributed by atoms with Crippen molar-refractivity contribution in [1.82, 2.24) is 21.0 Å². The maximum Gasteiger partial charge on any atom is 0.426 e. The molecule has 0 unspecified atom stereocenters. The number of carbonyl (C=O) groups is 2. The van der Waals surface area contributed by atoms with Gasteiger partial charge in [0, 0.05) is 5.69 Å². The molecular weight excluding hydrogens is 236 g/mol. The molecule has 0 fully saturated rings. The van der Waals surface area contributed by atoms with Crippen molar-refractivity contribution in [3.8, 4) is 0 Å². The van der Waals surface area contributed by atoms with Gasteiger partial charge in [0.15, 0.2) is 5.69 Å². The third-order valence-corrected chi connectivity index (χ3v) is 2.05. The van der Waals surface area contributed by atoms with E-state index in [1.807, 2.05) is 0 Å². The monoisotopic (exact) mass is 254 g/mol. The van der Waals surface area contributed by atoms with Gasteiger partial charge in [-0.25, -0.2) is 10.2 Å². The second-order valence-electron chi connectivity index (χ2n) is 4.18. The normalized spacial score (nSPS) is 10.2. The highest BCUT2D eigenvalue weighted by molar-refractivity contribution is 5.93. The van der Waals surface area contributed by atoms with E-state index in [0.29, 0.717) is 5.92 Å². The van der Waals surface area contributed by atoms with Gasteiger partial charge in [-0.3, -0.25) is 15.3 Å². The van der Waals surface area contributed by atoms with Crippen LogP contribution in [0, 0.1) is 5.92 Å².